The van der Waals surface area contributed by atoms with E-state index in [4.69, 9.17) is 32.7 Å². The van der Waals surface area contributed by atoms with Crippen LogP contribution in [0.15, 0.2) is 84.0 Å². The Hall–Kier alpha value is -3.87. The molecule has 4 rings (SSSR count). The molecule has 1 N–H and O–H groups in total. The molecule has 0 saturated heterocycles. The Morgan fingerprint density at radius 2 is 1.68 bits per heavy atom. The van der Waals surface area contributed by atoms with Gasteiger partial charge in [-0.2, -0.15) is 5.10 Å². The van der Waals surface area contributed by atoms with Crippen molar-refractivity contribution in [3.05, 3.63) is 106 Å². The lowest BCUT2D eigenvalue weighted by Gasteiger charge is -2.11. The standard InChI is InChI=1S/C26H18Cl2N2O4/c1-33-23-12-9-16(15-29-30-25(31)18-10-11-21(27)22(28)14-18)13-24(23)34-26(32)20-8-4-6-17-5-2-3-7-19(17)20/h2-15H,1H3,(H,30,31)/b29-15-. The lowest BCUT2D eigenvalue weighted by molar-refractivity contribution is 0.0731. The van der Waals surface area contributed by atoms with Crippen LogP contribution < -0.4 is 14.9 Å². The first-order chi connectivity index (χ1) is 16.5. The zero-order chi connectivity index (χ0) is 24.1. The number of amides is 1. The van der Waals surface area contributed by atoms with Crippen molar-refractivity contribution in [2.24, 2.45) is 5.10 Å². The summed E-state index contributed by atoms with van der Waals surface area (Å²) in [5.74, 6) is -0.367. The Balaban J connectivity index is 1.51. The molecule has 8 heteroatoms. The van der Waals surface area contributed by atoms with Gasteiger partial charge in [0.15, 0.2) is 11.5 Å². The lowest BCUT2D eigenvalue weighted by Crippen LogP contribution is -2.17. The molecule has 0 unspecified atom stereocenters. The van der Waals surface area contributed by atoms with Crippen molar-refractivity contribution in [2.75, 3.05) is 7.11 Å². The smallest absolute Gasteiger partial charge is 0.344 e. The highest BCUT2D eigenvalue weighted by molar-refractivity contribution is 6.42. The average molecular weight is 493 g/mol. The van der Waals surface area contributed by atoms with Crippen molar-refractivity contribution < 1.29 is 19.1 Å². The SMILES string of the molecule is COc1ccc(/C=N\NC(=O)c2ccc(Cl)c(Cl)c2)cc1OC(=O)c1cccc2ccccc12. The van der Waals surface area contributed by atoms with Gasteiger partial charge in [-0.15, -0.1) is 0 Å². The summed E-state index contributed by atoms with van der Waals surface area (Å²) in [5.41, 5.74) is 3.75. The van der Waals surface area contributed by atoms with Gasteiger partial charge in [0.2, 0.25) is 0 Å². The van der Waals surface area contributed by atoms with Crippen LogP contribution in [-0.2, 0) is 0 Å². The van der Waals surface area contributed by atoms with Gasteiger partial charge in [-0.1, -0.05) is 59.6 Å². The van der Waals surface area contributed by atoms with E-state index >= 15 is 0 Å². The number of rotatable bonds is 6. The molecular formula is C26H18Cl2N2O4. The van der Waals surface area contributed by atoms with Crippen molar-refractivity contribution in [1.29, 1.82) is 0 Å². The van der Waals surface area contributed by atoms with Crippen LogP contribution in [0, 0.1) is 0 Å². The van der Waals surface area contributed by atoms with E-state index in [0.717, 1.165) is 10.8 Å². The summed E-state index contributed by atoms with van der Waals surface area (Å²) in [6.45, 7) is 0. The van der Waals surface area contributed by atoms with Gasteiger partial charge in [-0.25, -0.2) is 10.2 Å². The number of esters is 1. The van der Waals surface area contributed by atoms with E-state index in [-0.39, 0.29) is 10.8 Å². The van der Waals surface area contributed by atoms with E-state index in [1.165, 1.54) is 31.5 Å². The predicted molar refractivity (Wildman–Crippen MR) is 133 cm³/mol. The summed E-state index contributed by atoms with van der Waals surface area (Å²) in [5, 5.41) is 6.31. The van der Waals surface area contributed by atoms with E-state index in [1.54, 1.807) is 30.3 Å². The summed E-state index contributed by atoms with van der Waals surface area (Å²) < 4.78 is 11.0. The topological polar surface area (TPSA) is 77.0 Å². The summed E-state index contributed by atoms with van der Waals surface area (Å²) in [4.78, 5) is 25.2. The minimum atomic E-state index is -0.517. The van der Waals surface area contributed by atoms with Gasteiger partial charge in [0.05, 0.1) is 28.9 Å². The number of carbonyl (C=O) groups is 2. The largest absolute Gasteiger partial charge is 0.493 e. The van der Waals surface area contributed by atoms with E-state index in [1.807, 2.05) is 30.3 Å². The van der Waals surface area contributed by atoms with Crippen LogP contribution >= 0.6 is 23.2 Å². The lowest BCUT2D eigenvalue weighted by atomic mass is 10.0. The van der Waals surface area contributed by atoms with Gasteiger partial charge < -0.3 is 9.47 Å². The molecule has 34 heavy (non-hydrogen) atoms. The number of methoxy groups -OCH3 is 1. The van der Waals surface area contributed by atoms with E-state index < -0.39 is 11.9 Å². The molecule has 0 heterocycles. The van der Waals surface area contributed by atoms with Gasteiger partial charge in [0, 0.05) is 5.56 Å². The number of benzene rings is 4. The number of hydrazone groups is 1. The Kier molecular flexibility index (Phi) is 7.11. The second-order valence-corrected chi connectivity index (χ2v) is 7.97. The van der Waals surface area contributed by atoms with Crippen LogP contribution in [0.25, 0.3) is 10.8 Å². The number of carbonyl (C=O) groups excluding carboxylic acids is 2. The van der Waals surface area contributed by atoms with E-state index in [9.17, 15) is 9.59 Å². The molecule has 4 aromatic rings. The summed E-state index contributed by atoms with van der Waals surface area (Å²) in [7, 11) is 1.48. The molecule has 4 aromatic carbocycles. The summed E-state index contributed by atoms with van der Waals surface area (Å²) >= 11 is 11.8. The first-order valence-electron chi connectivity index (χ1n) is 10.1. The predicted octanol–water partition coefficient (Wildman–Crippen LogP) is 6.14. The van der Waals surface area contributed by atoms with Gasteiger partial charge in [-0.05, 0) is 58.8 Å². The number of hydrogen-bond donors (Lipinski definition) is 1. The highest BCUT2D eigenvalue weighted by Gasteiger charge is 2.15. The molecule has 0 aliphatic rings. The molecule has 0 radical (unpaired) electrons. The fourth-order valence-electron chi connectivity index (χ4n) is 3.28. The third kappa shape index (κ3) is 5.20. The maximum Gasteiger partial charge on any atom is 0.344 e. The Bertz CT molecular complexity index is 1410. The second kappa shape index (κ2) is 10.4. The van der Waals surface area contributed by atoms with Crippen LogP contribution in [0.1, 0.15) is 26.3 Å². The monoisotopic (exact) mass is 492 g/mol. The molecule has 0 aliphatic carbocycles. The van der Waals surface area contributed by atoms with Gasteiger partial charge in [0.1, 0.15) is 0 Å². The van der Waals surface area contributed by atoms with Crippen molar-refractivity contribution in [3.63, 3.8) is 0 Å². The molecule has 170 valence electrons. The fraction of sp³-hybridized carbons (Fsp3) is 0.0385. The fourth-order valence-corrected chi connectivity index (χ4v) is 3.58. The van der Waals surface area contributed by atoms with Gasteiger partial charge in [0.25, 0.3) is 5.91 Å². The first kappa shape index (κ1) is 23.3. The Morgan fingerprint density at radius 1 is 0.882 bits per heavy atom. The third-order valence-corrected chi connectivity index (χ3v) is 5.70. The number of fused-ring (bicyclic) bond motifs is 1. The minimum Gasteiger partial charge on any atom is -0.493 e. The highest BCUT2D eigenvalue weighted by atomic mass is 35.5. The number of ether oxygens (including phenoxy) is 2. The molecule has 0 spiro atoms. The molecule has 6 nitrogen and oxygen atoms in total. The van der Waals surface area contributed by atoms with Crippen molar-refractivity contribution in [1.82, 2.24) is 5.43 Å². The first-order valence-corrected chi connectivity index (χ1v) is 10.9. The summed E-state index contributed by atoms with van der Waals surface area (Å²) in [6, 6.07) is 22.5. The Morgan fingerprint density at radius 3 is 2.47 bits per heavy atom. The molecule has 0 bridgehead atoms. The number of nitrogens with zero attached hydrogens (tertiary/aromatic N) is 1. The van der Waals surface area contributed by atoms with Crippen molar-refractivity contribution in [2.45, 2.75) is 0 Å². The van der Waals surface area contributed by atoms with Gasteiger partial charge in [-0.3, -0.25) is 4.79 Å². The number of halogens is 2. The Labute approximate surface area is 205 Å². The average Bonchev–Trinajstić information content (AvgIpc) is 2.85. The van der Waals surface area contributed by atoms with Gasteiger partial charge >= 0.3 is 5.97 Å². The second-order valence-electron chi connectivity index (χ2n) is 7.15. The number of nitrogens with one attached hydrogen (secondary N) is 1. The molecule has 0 saturated carbocycles. The number of hydrogen-bond acceptors (Lipinski definition) is 5. The van der Waals surface area contributed by atoms with Crippen molar-refractivity contribution in [3.8, 4) is 11.5 Å². The van der Waals surface area contributed by atoms with E-state index in [0.29, 0.717) is 27.5 Å². The van der Waals surface area contributed by atoms with E-state index in [2.05, 4.69) is 10.5 Å². The highest BCUT2D eigenvalue weighted by Crippen LogP contribution is 2.29. The van der Waals surface area contributed by atoms with Crippen LogP contribution in [-0.4, -0.2) is 25.2 Å². The van der Waals surface area contributed by atoms with Crippen molar-refractivity contribution >= 4 is 52.1 Å². The zero-order valence-electron chi connectivity index (χ0n) is 17.9. The third-order valence-electron chi connectivity index (χ3n) is 4.96. The summed E-state index contributed by atoms with van der Waals surface area (Å²) in [6.07, 6.45) is 1.42. The molecule has 0 aromatic heterocycles. The molecular weight excluding hydrogens is 475 g/mol. The normalized spacial score (nSPS) is 10.9. The maximum absolute atomic E-state index is 12.9. The molecule has 0 fully saturated rings. The van der Waals surface area contributed by atoms with Crippen LogP contribution in [0.4, 0.5) is 0 Å². The van der Waals surface area contributed by atoms with Crippen LogP contribution in [0.5, 0.6) is 11.5 Å². The van der Waals surface area contributed by atoms with Crippen LogP contribution in [0.2, 0.25) is 10.0 Å². The molecule has 1 amide bonds. The maximum atomic E-state index is 12.9. The molecule has 0 atom stereocenters. The minimum absolute atomic E-state index is 0.222. The zero-order valence-corrected chi connectivity index (χ0v) is 19.4. The molecule has 0 aliphatic heterocycles. The quantitative estimate of drug-likeness (QED) is 0.152. The van der Waals surface area contributed by atoms with Crippen LogP contribution in [0.3, 0.4) is 0 Å².